The number of benzene rings is 3. The van der Waals surface area contributed by atoms with Gasteiger partial charge in [-0.3, -0.25) is 19.2 Å². The molecule has 316 valence electrons. The van der Waals surface area contributed by atoms with Gasteiger partial charge in [0.1, 0.15) is 24.4 Å². The molecule has 2 saturated heterocycles. The van der Waals surface area contributed by atoms with Gasteiger partial charge in [-0.25, -0.2) is 9.59 Å². The summed E-state index contributed by atoms with van der Waals surface area (Å²) in [5.41, 5.74) is 4.27. The first-order valence-electron chi connectivity index (χ1n) is 20.0. The number of carbonyl (C=O) groups excluding carboxylic acids is 5. The Kier molecular flexibility index (Phi) is 15.1. The molecular weight excluding hydrogens is 759 g/mol. The fourth-order valence-corrected chi connectivity index (χ4v) is 7.80. The van der Waals surface area contributed by atoms with E-state index >= 15 is 0 Å². The summed E-state index contributed by atoms with van der Waals surface area (Å²) in [6.07, 6.45) is 1.47. The van der Waals surface area contributed by atoms with Crippen LogP contribution in [0.2, 0.25) is 0 Å². The van der Waals surface area contributed by atoms with Crippen molar-refractivity contribution >= 4 is 52.9 Å². The molecule has 2 aliphatic rings. The average Bonchev–Trinajstić information content (AvgIpc) is 3.91. The molecule has 5 N–H and O–H groups in total. The van der Waals surface area contributed by atoms with Gasteiger partial charge < -0.3 is 50.5 Å². The highest BCUT2D eigenvalue weighted by molar-refractivity contribution is 5.98. The van der Waals surface area contributed by atoms with Crippen LogP contribution in [0.4, 0.5) is 26.7 Å². The number of carbonyl (C=O) groups is 6. The molecule has 0 aliphatic carbocycles. The normalized spacial score (nSPS) is 17.8. The van der Waals surface area contributed by atoms with Gasteiger partial charge >= 0.3 is 12.2 Å². The molecule has 16 nitrogen and oxygen atoms in total. The maximum absolute atomic E-state index is 13.3. The number of hydrogen-bond donors (Lipinski definition) is 5. The van der Waals surface area contributed by atoms with E-state index in [1.807, 2.05) is 79.7 Å². The van der Waals surface area contributed by atoms with Crippen LogP contribution in [-0.2, 0) is 23.9 Å². The zero-order valence-corrected chi connectivity index (χ0v) is 34.2. The van der Waals surface area contributed by atoms with Crippen molar-refractivity contribution in [1.29, 1.82) is 0 Å². The number of alkyl carbamates (subject to hydrolysis) is 1. The Morgan fingerprint density at radius 1 is 0.831 bits per heavy atom. The number of anilines is 3. The summed E-state index contributed by atoms with van der Waals surface area (Å²) in [5.74, 6) is -1.04. The number of likely N-dealkylation sites (tertiary alicyclic amines) is 1. The van der Waals surface area contributed by atoms with E-state index in [1.54, 1.807) is 21.0 Å². The lowest BCUT2D eigenvalue weighted by atomic mass is 10.0. The Balaban J connectivity index is 1.28. The summed E-state index contributed by atoms with van der Waals surface area (Å²) in [5, 5.41) is 19.8. The van der Waals surface area contributed by atoms with Gasteiger partial charge in [-0.05, 0) is 97.7 Å². The molecular formula is C43H55N7O9. The van der Waals surface area contributed by atoms with Gasteiger partial charge in [-0.2, -0.15) is 0 Å². The number of nitrogens with one attached hydrogen (secondary N) is 4. The Hall–Kier alpha value is -6.32. The van der Waals surface area contributed by atoms with Crippen molar-refractivity contribution in [3.05, 3.63) is 83.9 Å². The van der Waals surface area contributed by atoms with Gasteiger partial charge in [0.05, 0.1) is 32.8 Å². The Labute approximate surface area is 344 Å². The lowest BCUT2D eigenvalue weighted by Gasteiger charge is -2.33. The molecule has 2 fully saturated rings. The molecule has 5 rings (SSSR count). The minimum absolute atomic E-state index is 0.00449. The van der Waals surface area contributed by atoms with Gasteiger partial charge in [0.15, 0.2) is 0 Å². The van der Waals surface area contributed by atoms with Crippen molar-refractivity contribution in [2.45, 2.75) is 77.0 Å². The second kappa shape index (κ2) is 20.4. The van der Waals surface area contributed by atoms with Crippen LogP contribution < -0.4 is 30.9 Å². The first-order chi connectivity index (χ1) is 28.3. The standard InChI is InChI=1S/C43H55N7O9/c1-6-23-48(41(54)39(27(2)3)47-42(55)56)26-37(51)45-30-13-9-28(10-14-30)34-21-22-35(50(34)32-17-19-33(58-4)20-18-32)29-11-15-31(16-12-29)46-40(53)36-8-7-24-49(36)38(52)25-44-43(57)59-5/h9-20,27,34-36,39,47H,6-8,21-26H2,1-5H3,(H,44,57)(H,45,51)(H,46,53)(H,55,56)/t34-,35-,36-,39-/m0/s1. The van der Waals surface area contributed by atoms with Crippen LogP contribution in [-0.4, -0.2) is 103 Å². The van der Waals surface area contributed by atoms with E-state index in [1.165, 1.54) is 16.9 Å². The second-order valence-electron chi connectivity index (χ2n) is 15.0. The highest BCUT2D eigenvalue weighted by atomic mass is 16.5. The molecule has 3 aromatic carbocycles. The van der Waals surface area contributed by atoms with Gasteiger partial charge in [0.25, 0.3) is 0 Å². The SMILES string of the molecule is CCCN(CC(=O)Nc1ccc([C@@H]2CC[C@@H](c3ccc(NC(=O)[C@@H]4CCCN4C(=O)CNC(=O)OC)cc3)N2c2ccc(OC)cc2)cc1)C(=O)[C@@H](NC(=O)O)C(C)C. The van der Waals surface area contributed by atoms with Crippen LogP contribution in [0, 0.1) is 5.92 Å². The predicted octanol–water partition coefficient (Wildman–Crippen LogP) is 5.53. The molecule has 2 heterocycles. The molecule has 0 bridgehead atoms. The fourth-order valence-electron chi connectivity index (χ4n) is 7.80. The van der Waals surface area contributed by atoms with E-state index in [2.05, 4.69) is 30.9 Å². The third-order valence-electron chi connectivity index (χ3n) is 10.7. The van der Waals surface area contributed by atoms with E-state index in [0.717, 1.165) is 35.4 Å². The molecule has 59 heavy (non-hydrogen) atoms. The summed E-state index contributed by atoms with van der Waals surface area (Å²) in [4.78, 5) is 80.5. The number of rotatable bonds is 16. The molecule has 0 radical (unpaired) electrons. The topological polar surface area (TPSA) is 199 Å². The molecule has 3 aromatic rings. The molecule has 0 aromatic heterocycles. The van der Waals surface area contributed by atoms with Crippen LogP contribution in [0.15, 0.2) is 72.8 Å². The van der Waals surface area contributed by atoms with Crippen molar-refractivity contribution < 1.29 is 43.3 Å². The van der Waals surface area contributed by atoms with Gasteiger partial charge in [0, 0.05) is 30.2 Å². The number of ether oxygens (including phenoxy) is 2. The minimum Gasteiger partial charge on any atom is -0.497 e. The maximum Gasteiger partial charge on any atom is 0.407 e. The van der Waals surface area contributed by atoms with Gasteiger partial charge in [0.2, 0.25) is 23.6 Å². The zero-order chi connectivity index (χ0) is 42.6. The molecule has 16 heteroatoms. The summed E-state index contributed by atoms with van der Waals surface area (Å²) < 4.78 is 9.98. The molecule has 0 saturated carbocycles. The van der Waals surface area contributed by atoms with Crippen LogP contribution in [0.3, 0.4) is 0 Å². The first kappa shape index (κ1) is 43.8. The number of carboxylic acid groups (broad SMARTS) is 1. The third kappa shape index (κ3) is 11.2. The molecule has 2 aliphatic heterocycles. The van der Waals surface area contributed by atoms with Gasteiger partial charge in [-0.15, -0.1) is 0 Å². The summed E-state index contributed by atoms with van der Waals surface area (Å²) in [6, 6.07) is 21.7. The monoisotopic (exact) mass is 813 g/mol. The van der Waals surface area contributed by atoms with Crippen molar-refractivity contribution in [2.75, 3.05) is 55.9 Å². The van der Waals surface area contributed by atoms with Crippen LogP contribution >= 0.6 is 0 Å². The van der Waals surface area contributed by atoms with Crippen molar-refractivity contribution in [3.63, 3.8) is 0 Å². The summed E-state index contributed by atoms with van der Waals surface area (Å²) >= 11 is 0. The average molecular weight is 814 g/mol. The predicted molar refractivity (Wildman–Crippen MR) is 222 cm³/mol. The highest BCUT2D eigenvalue weighted by Crippen LogP contribution is 2.47. The first-order valence-corrected chi connectivity index (χ1v) is 20.0. The maximum atomic E-state index is 13.3. The van der Waals surface area contributed by atoms with Crippen molar-refractivity contribution in [1.82, 2.24) is 20.4 Å². The second-order valence-corrected chi connectivity index (χ2v) is 15.0. The van der Waals surface area contributed by atoms with E-state index in [4.69, 9.17) is 4.74 Å². The lowest BCUT2D eigenvalue weighted by Crippen LogP contribution is -2.52. The molecule has 0 unspecified atom stereocenters. The quantitative estimate of drug-likeness (QED) is 0.123. The zero-order valence-electron chi connectivity index (χ0n) is 34.2. The van der Waals surface area contributed by atoms with Crippen molar-refractivity contribution in [2.24, 2.45) is 5.92 Å². The Morgan fingerprint density at radius 3 is 1.95 bits per heavy atom. The van der Waals surface area contributed by atoms with Crippen LogP contribution in [0.25, 0.3) is 0 Å². The molecule has 4 atom stereocenters. The Bertz CT molecular complexity index is 1940. The molecule has 0 spiro atoms. The number of nitrogens with zero attached hydrogens (tertiary/aromatic N) is 3. The van der Waals surface area contributed by atoms with E-state index < -0.39 is 30.2 Å². The summed E-state index contributed by atoms with van der Waals surface area (Å²) in [7, 11) is 2.84. The van der Waals surface area contributed by atoms with E-state index in [9.17, 15) is 33.9 Å². The van der Waals surface area contributed by atoms with Crippen molar-refractivity contribution in [3.8, 4) is 5.75 Å². The molecule has 6 amide bonds. The van der Waals surface area contributed by atoms with Crippen LogP contribution in [0.5, 0.6) is 5.75 Å². The number of amides is 6. The minimum atomic E-state index is -1.30. The van der Waals surface area contributed by atoms with Gasteiger partial charge in [-0.1, -0.05) is 45.0 Å². The van der Waals surface area contributed by atoms with E-state index in [-0.39, 0.29) is 48.8 Å². The number of hydrogen-bond acceptors (Lipinski definition) is 9. The lowest BCUT2D eigenvalue weighted by molar-refractivity contribution is -0.137. The fraction of sp³-hybridized carbons (Fsp3) is 0.442. The highest BCUT2D eigenvalue weighted by Gasteiger charge is 2.37. The van der Waals surface area contributed by atoms with Crippen LogP contribution in [0.1, 0.15) is 76.1 Å². The van der Waals surface area contributed by atoms with E-state index in [0.29, 0.717) is 43.7 Å². The smallest absolute Gasteiger partial charge is 0.407 e. The largest absolute Gasteiger partial charge is 0.497 e. The number of methoxy groups -OCH3 is 2. The summed E-state index contributed by atoms with van der Waals surface area (Å²) in [6.45, 7) is 5.64. The Morgan fingerprint density at radius 2 is 1.42 bits per heavy atom. The third-order valence-corrected chi connectivity index (χ3v) is 10.7.